The Morgan fingerprint density at radius 2 is 1.68 bits per heavy atom. The molecule has 0 amide bonds. The predicted molar refractivity (Wildman–Crippen MR) is 135 cm³/mol. The molecule has 0 aliphatic carbocycles. The SMILES string of the molecule is CN.O=S(=O)(c1ccccc1)N1CCC(Cc2cc(-c3ccccc3Cl)nc3ccnn23)CC1. The van der Waals surface area contributed by atoms with E-state index in [0.717, 1.165) is 41.9 Å². The van der Waals surface area contributed by atoms with Crippen LogP contribution in [0.2, 0.25) is 5.02 Å². The maximum atomic E-state index is 12.9. The first-order chi connectivity index (χ1) is 16.5. The van der Waals surface area contributed by atoms with Crippen molar-refractivity contribution in [2.75, 3.05) is 20.1 Å². The van der Waals surface area contributed by atoms with Gasteiger partial charge in [-0.25, -0.2) is 17.9 Å². The fourth-order valence-electron chi connectivity index (χ4n) is 4.32. The van der Waals surface area contributed by atoms with Gasteiger partial charge in [0.1, 0.15) is 0 Å². The Morgan fingerprint density at radius 1 is 1.00 bits per heavy atom. The standard InChI is InChI=1S/C24H23ClN4O2S.CH5N/c25-22-9-5-4-8-21(22)23-17-19(29-24(27-23)10-13-26-29)16-18-11-14-28(15-12-18)32(30,31)20-6-2-1-3-7-20;1-2/h1-10,13,17-18H,11-12,14-16H2;2H2,1H3. The number of rotatable bonds is 5. The van der Waals surface area contributed by atoms with Crippen molar-refractivity contribution in [3.63, 3.8) is 0 Å². The minimum absolute atomic E-state index is 0.357. The van der Waals surface area contributed by atoms with E-state index in [1.807, 2.05) is 47.0 Å². The van der Waals surface area contributed by atoms with Crippen LogP contribution in [0.25, 0.3) is 16.9 Å². The maximum absolute atomic E-state index is 12.9. The summed E-state index contributed by atoms with van der Waals surface area (Å²) in [4.78, 5) is 5.08. The Balaban J connectivity index is 0.00000133. The third-order valence-corrected chi connectivity index (χ3v) is 8.28. The van der Waals surface area contributed by atoms with Gasteiger partial charge in [0.25, 0.3) is 0 Å². The van der Waals surface area contributed by atoms with Gasteiger partial charge in [0.2, 0.25) is 10.0 Å². The molecule has 2 aromatic carbocycles. The van der Waals surface area contributed by atoms with Crippen LogP contribution in [0, 0.1) is 5.92 Å². The van der Waals surface area contributed by atoms with Crippen molar-refractivity contribution in [2.45, 2.75) is 24.2 Å². The van der Waals surface area contributed by atoms with Crippen LogP contribution in [-0.2, 0) is 16.4 Å². The van der Waals surface area contributed by atoms with Crippen LogP contribution in [0.5, 0.6) is 0 Å². The summed E-state index contributed by atoms with van der Waals surface area (Å²) < 4.78 is 29.3. The van der Waals surface area contributed by atoms with Gasteiger partial charge in [0, 0.05) is 35.4 Å². The van der Waals surface area contributed by atoms with Crippen LogP contribution < -0.4 is 5.73 Å². The number of hydrogen-bond donors (Lipinski definition) is 1. The third-order valence-electron chi connectivity index (χ3n) is 6.04. The lowest BCUT2D eigenvalue weighted by Crippen LogP contribution is -2.39. The maximum Gasteiger partial charge on any atom is 0.243 e. The average molecular weight is 498 g/mol. The Kier molecular flexibility index (Phi) is 7.63. The number of fused-ring (bicyclic) bond motifs is 1. The van der Waals surface area contributed by atoms with E-state index in [0.29, 0.717) is 28.9 Å². The summed E-state index contributed by atoms with van der Waals surface area (Å²) in [5, 5.41) is 5.11. The van der Waals surface area contributed by atoms with Crippen LogP contribution >= 0.6 is 11.6 Å². The Labute approximate surface area is 205 Å². The zero-order chi connectivity index (χ0) is 24.1. The first-order valence-corrected chi connectivity index (χ1v) is 13.1. The highest BCUT2D eigenvalue weighted by atomic mass is 35.5. The highest BCUT2D eigenvalue weighted by Gasteiger charge is 2.29. The Hall–Kier alpha value is -2.78. The highest BCUT2D eigenvalue weighted by Crippen LogP contribution is 2.30. The van der Waals surface area contributed by atoms with Gasteiger partial charge >= 0.3 is 0 Å². The van der Waals surface area contributed by atoms with Crippen molar-refractivity contribution in [3.05, 3.63) is 83.6 Å². The van der Waals surface area contributed by atoms with Crippen LogP contribution in [0.1, 0.15) is 18.5 Å². The molecule has 1 fully saturated rings. The lowest BCUT2D eigenvalue weighted by Gasteiger charge is -2.31. The molecule has 5 rings (SSSR count). The summed E-state index contributed by atoms with van der Waals surface area (Å²) in [6.07, 6.45) is 4.16. The minimum atomic E-state index is -3.44. The summed E-state index contributed by atoms with van der Waals surface area (Å²) in [6, 6.07) is 20.3. The second-order valence-electron chi connectivity index (χ2n) is 8.08. The monoisotopic (exact) mass is 497 g/mol. The number of piperidine rings is 1. The summed E-state index contributed by atoms with van der Waals surface area (Å²) in [5.74, 6) is 0.367. The van der Waals surface area contributed by atoms with E-state index in [1.54, 1.807) is 34.8 Å². The Bertz CT molecular complexity index is 1350. The molecule has 2 aromatic heterocycles. The quantitative estimate of drug-likeness (QED) is 0.444. The van der Waals surface area contributed by atoms with E-state index in [-0.39, 0.29) is 0 Å². The molecule has 0 saturated carbocycles. The molecular weight excluding hydrogens is 470 g/mol. The molecule has 9 heteroatoms. The number of nitrogens with two attached hydrogens (primary N) is 1. The lowest BCUT2D eigenvalue weighted by molar-refractivity contribution is 0.271. The summed E-state index contributed by atoms with van der Waals surface area (Å²) in [7, 11) is -1.94. The van der Waals surface area contributed by atoms with Crippen LogP contribution in [-0.4, -0.2) is 47.5 Å². The number of hydrogen-bond acceptors (Lipinski definition) is 5. The molecule has 1 aliphatic heterocycles. The molecule has 0 spiro atoms. The normalized spacial score (nSPS) is 15.1. The largest absolute Gasteiger partial charge is 0.333 e. The Morgan fingerprint density at radius 3 is 2.38 bits per heavy atom. The van der Waals surface area contributed by atoms with Gasteiger partial charge in [-0.3, -0.25) is 0 Å². The molecule has 3 heterocycles. The van der Waals surface area contributed by atoms with Crippen molar-refractivity contribution < 1.29 is 8.42 Å². The fraction of sp³-hybridized carbons (Fsp3) is 0.280. The molecule has 0 radical (unpaired) electrons. The number of sulfonamides is 1. The highest BCUT2D eigenvalue weighted by molar-refractivity contribution is 7.89. The van der Waals surface area contributed by atoms with E-state index in [1.165, 1.54) is 7.05 Å². The third kappa shape index (κ3) is 5.00. The van der Waals surface area contributed by atoms with Gasteiger partial charge < -0.3 is 5.73 Å². The molecular formula is C25H28ClN5O2S. The molecule has 0 atom stereocenters. The first-order valence-electron chi connectivity index (χ1n) is 11.2. The van der Waals surface area contributed by atoms with E-state index in [2.05, 4.69) is 10.8 Å². The van der Waals surface area contributed by atoms with E-state index >= 15 is 0 Å². The number of nitrogens with zero attached hydrogens (tertiary/aromatic N) is 4. The zero-order valence-corrected chi connectivity index (χ0v) is 20.6. The van der Waals surface area contributed by atoms with Crippen molar-refractivity contribution in [2.24, 2.45) is 11.7 Å². The van der Waals surface area contributed by atoms with Crippen LogP contribution in [0.4, 0.5) is 0 Å². The van der Waals surface area contributed by atoms with E-state index in [9.17, 15) is 8.42 Å². The van der Waals surface area contributed by atoms with E-state index < -0.39 is 10.0 Å². The van der Waals surface area contributed by atoms with Gasteiger partial charge in [-0.05, 0) is 56.5 Å². The summed E-state index contributed by atoms with van der Waals surface area (Å²) in [6.45, 7) is 1.04. The summed E-state index contributed by atoms with van der Waals surface area (Å²) in [5.41, 5.74) is 8.05. The molecule has 1 saturated heterocycles. The van der Waals surface area contributed by atoms with E-state index in [4.69, 9.17) is 16.6 Å². The summed E-state index contributed by atoms with van der Waals surface area (Å²) >= 11 is 6.41. The topological polar surface area (TPSA) is 93.6 Å². The second-order valence-corrected chi connectivity index (χ2v) is 10.4. The van der Waals surface area contributed by atoms with Crippen LogP contribution in [0.15, 0.2) is 77.8 Å². The van der Waals surface area contributed by atoms with Crippen LogP contribution in [0.3, 0.4) is 0 Å². The number of halogens is 1. The van der Waals surface area contributed by atoms with Gasteiger partial charge in [0.15, 0.2) is 5.65 Å². The predicted octanol–water partition coefficient (Wildman–Crippen LogP) is 4.27. The van der Waals surface area contributed by atoms with Gasteiger partial charge in [0.05, 0.1) is 16.8 Å². The lowest BCUT2D eigenvalue weighted by atomic mass is 9.92. The molecule has 4 aromatic rings. The first kappa shape index (κ1) is 24.3. The zero-order valence-electron chi connectivity index (χ0n) is 19.0. The van der Waals surface area contributed by atoms with Crippen molar-refractivity contribution in [1.82, 2.24) is 18.9 Å². The number of benzene rings is 2. The second kappa shape index (κ2) is 10.7. The molecule has 34 heavy (non-hydrogen) atoms. The molecule has 0 unspecified atom stereocenters. The van der Waals surface area contributed by atoms with Gasteiger partial charge in [-0.15, -0.1) is 0 Å². The number of aromatic nitrogens is 3. The average Bonchev–Trinajstić information content (AvgIpc) is 3.36. The molecule has 1 aliphatic rings. The van der Waals surface area contributed by atoms with Crippen molar-refractivity contribution >= 4 is 27.3 Å². The van der Waals surface area contributed by atoms with Gasteiger partial charge in [-0.2, -0.15) is 9.40 Å². The van der Waals surface area contributed by atoms with Crippen molar-refractivity contribution in [3.8, 4) is 11.3 Å². The molecule has 178 valence electrons. The molecule has 7 nitrogen and oxygen atoms in total. The van der Waals surface area contributed by atoms with Crippen molar-refractivity contribution in [1.29, 1.82) is 0 Å². The molecule has 0 bridgehead atoms. The minimum Gasteiger partial charge on any atom is -0.333 e. The fourth-order valence-corrected chi connectivity index (χ4v) is 6.04. The van der Waals surface area contributed by atoms with Gasteiger partial charge in [-0.1, -0.05) is 48.0 Å². The smallest absolute Gasteiger partial charge is 0.243 e. The molecule has 2 N–H and O–H groups in total.